The maximum atomic E-state index is 11.7. The van der Waals surface area contributed by atoms with Crippen LogP contribution in [-0.4, -0.2) is 23.7 Å². The minimum Gasteiger partial charge on any atom is -0.398 e. The highest BCUT2D eigenvalue weighted by molar-refractivity contribution is 9.10. The first-order chi connectivity index (χ1) is 8.04. The van der Waals surface area contributed by atoms with Crippen molar-refractivity contribution >= 4 is 27.5 Å². The second-order valence-corrected chi connectivity index (χ2v) is 4.74. The lowest BCUT2D eigenvalue weighted by Crippen LogP contribution is -2.32. The summed E-state index contributed by atoms with van der Waals surface area (Å²) in [5, 5.41) is 12.2. The summed E-state index contributed by atoms with van der Waals surface area (Å²) < 4.78 is 0.694. The van der Waals surface area contributed by atoms with E-state index in [1.165, 1.54) is 0 Å². The maximum absolute atomic E-state index is 11.7. The fourth-order valence-electron chi connectivity index (χ4n) is 1.42. The van der Waals surface area contributed by atoms with Gasteiger partial charge in [-0.25, -0.2) is 0 Å². The van der Waals surface area contributed by atoms with Gasteiger partial charge in [-0.05, 0) is 40.5 Å². The van der Waals surface area contributed by atoms with E-state index in [4.69, 9.17) is 5.73 Å². The molecule has 94 valence electrons. The SMILES string of the molecule is CCCC(O)CNC(=O)c1ccc(N)c(Br)c1. The number of amides is 1. The van der Waals surface area contributed by atoms with Crippen molar-refractivity contribution in [3.63, 3.8) is 0 Å². The summed E-state index contributed by atoms with van der Waals surface area (Å²) >= 11 is 3.26. The Hall–Kier alpha value is -1.07. The van der Waals surface area contributed by atoms with E-state index >= 15 is 0 Å². The molecular formula is C12H17BrN2O2. The van der Waals surface area contributed by atoms with Crippen molar-refractivity contribution in [2.75, 3.05) is 12.3 Å². The third-order valence-electron chi connectivity index (χ3n) is 2.38. The van der Waals surface area contributed by atoms with Crippen molar-refractivity contribution in [1.29, 1.82) is 0 Å². The van der Waals surface area contributed by atoms with E-state index in [0.29, 0.717) is 22.1 Å². The molecule has 4 N–H and O–H groups in total. The van der Waals surface area contributed by atoms with Crippen molar-refractivity contribution in [2.45, 2.75) is 25.9 Å². The van der Waals surface area contributed by atoms with E-state index in [9.17, 15) is 9.90 Å². The van der Waals surface area contributed by atoms with Gasteiger partial charge in [-0.15, -0.1) is 0 Å². The van der Waals surface area contributed by atoms with Gasteiger partial charge in [-0.2, -0.15) is 0 Å². The molecule has 0 aliphatic heterocycles. The summed E-state index contributed by atoms with van der Waals surface area (Å²) in [6.45, 7) is 2.26. The Bertz CT molecular complexity index is 396. The molecule has 1 aromatic rings. The van der Waals surface area contributed by atoms with Gasteiger partial charge in [0.15, 0.2) is 0 Å². The number of aliphatic hydroxyl groups excluding tert-OH is 1. The van der Waals surface area contributed by atoms with Gasteiger partial charge in [-0.1, -0.05) is 13.3 Å². The standard InChI is InChI=1S/C12H17BrN2O2/c1-2-3-9(16)7-15-12(17)8-4-5-11(14)10(13)6-8/h4-6,9,16H,2-3,7,14H2,1H3,(H,15,17). The predicted molar refractivity (Wildman–Crippen MR) is 71.8 cm³/mol. The Morgan fingerprint density at radius 1 is 1.59 bits per heavy atom. The number of nitrogen functional groups attached to an aromatic ring is 1. The lowest BCUT2D eigenvalue weighted by Gasteiger charge is -2.11. The number of carbonyl (C=O) groups is 1. The van der Waals surface area contributed by atoms with Crippen LogP contribution in [0.5, 0.6) is 0 Å². The van der Waals surface area contributed by atoms with Crippen molar-refractivity contribution in [2.24, 2.45) is 0 Å². The number of hydrogen-bond acceptors (Lipinski definition) is 3. The van der Waals surface area contributed by atoms with Gasteiger partial charge in [0.25, 0.3) is 5.91 Å². The zero-order valence-corrected chi connectivity index (χ0v) is 11.3. The van der Waals surface area contributed by atoms with Crippen molar-refractivity contribution < 1.29 is 9.90 Å². The number of hydrogen-bond donors (Lipinski definition) is 3. The number of benzene rings is 1. The zero-order chi connectivity index (χ0) is 12.8. The van der Waals surface area contributed by atoms with E-state index in [1.807, 2.05) is 6.92 Å². The monoisotopic (exact) mass is 300 g/mol. The molecule has 1 rings (SSSR count). The van der Waals surface area contributed by atoms with Crippen molar-refractivity contribution in [3.8, 4) is 0 Å². The zero-order valence-electron chi connectivity index (χ0n) is 9.74. The highest BCUT2D eigenvalue weighted by Gasteiger charge is 2.09. The Labute approximate surface area is 109 Å². The first kappa shape index (κ1) is 14.0. The summed E-state index contributed by atoms with van der Waals surface area (Å²) in [6.07, 6.45) is 1.09. The smallest absolute Gasteiger partial charge is 0.251 e. The van der Waals surface area contributed by atoms with Gasteiger partial charge >= 0.3 is 0 Å². The van der Waals surface area contributed by atoms with E-state index in [0.717, 1.165) is 6.42 Å². The molecule has 0 spiro atoms. The number of anilines is 1. The first-order valence-electron chi connectivity index (χ1n) is 5.56. The van der Waals surface area contributed by atoms with Gasteiger partial charge in [0.2, 0.25) is 0 Å². The molecule has 5 heteroatoms. The van der Waals surface area contributed by atoms with Crippen LogP contribution in [0.3, 0.4) is 0 Å². The lowest BCUT2D eigenvalue weighted by atomic mass is 10.2. The summed E-state index contributed by atoms with van der Waals surface area (Å²) in [7, 11) is 0. The Morgan fingerprint density at radius 2 is 2.29 bits per heavy atom. The van der Waals surface area contributed by atoms with Crippen LogP contribution in [0.15, 0.2) is 22.7 Å². The van der Waals surface area contributed by atoms with Crippen LogP contribution in [0.1, 0.15) is 30.1 Å². The van der Waals surface area contributed by atoms with Crippen LogP contribution in [0.2, 0.25) is 0 Å². The molecule has 0 radical (unpaired) electrons. The van der Waals surface area contributed by atoms with E-state index in [2.05, 4.69) is 21.2 Å². The molecule has 0 fully saturated rings. The predicted octanol–water partition coefficient (Wildman–Crippen LogP) is 1.92. The average molecular weight is 301 g/mol. The number of halogens is 1. The molecule has 0 aliphatic rings. The summed E-state index contributed by atoms with van der Waals surface area (Å²) in [6, 6.07) is 4.99. The van der Waals surface area contributed by atoms with Gasteiger partial charge < -0.3 is 16.2 Å². The minimum absolute atomic E-state index is 0.208. The van der Waals surface area contributed by atoms with Crippen LogP contribution >= 0.6 is 15.9 Å². The third kappa shape index (κ3) is 4.36. The second kappa shape index (κ2) is 6.61. The fraction of sp³-hybridized carbons (Fsp3) is 0.417. The van der Waals surface area contributed by atoms with Crippen LogP contribution in [0, 0.1) is 0 Å². The Kier molecular flexibility index (Phi) is 5.44. The Balaban J connectivity index is 2.55. The number of carbonyl (C=O) groups excluding carboxylic acids is 1. The Morgan fingerprint density at radius 3 is 2.88 bits per heavy atom. The number of aliphatic hydroxyl groups is 1. The highest BCUT2D eigenvalue weighted by Crippen LogP contribution is 2.20. The molecule has 1 unspecified atom stereocenters. The van der Waals surface area contributed by atoms with Gasteiger partial charge in [0.1, 0.15) is 0 Å². The number of nitrogens with two attached hydrogens (primary N) is 1. The molecule has 4 nitrogen and oxygen atoms in total. The van der Waals surface area contributed by atoms with E-state index < -0.39 is 6.10 Å². The highest BCUT2D eigenvalue weighted by atomic mass is 79.9. The van der Waals surface area contributed by atoms with Crippen LogP contribution in [0.4, 0.5) is 5.69 Å². The number of nitrogens with one attached hydrogen (secondary N) is 1. The van der Waals surface area contributed by atoms with Crippen LogP contribution < -0.4 is 11.1 Å². The van der Waals surface area contributed by atoms with Gasteiger partial charge in [-0.3, -0.25) is 4.79 Å². The summed E-state index contributed by atoms with van der Waals surface area (Å²) in [4.78, 5) is 11.7. The molecular weight excluding hydrogens is 284 g/mol. The lowest BCUT2D eigenvalue weighted by molar-refractivity contribution is 0.0910. The van der Waals surface area contributed by atoms with Crippen LogP contribution in [-0.2, 0) is 0 Å². The normalized spacial score (nSPS) is 12.2. The molecule has 1 aromatic carbocycles. The maximum Gasteiger partial charge on any atom is 0.251 e. The molecule has 0 saturated heterocycles. The third-order valence-corrected chi connectivity index (χ3v) is 3.07. The molecule has 0 aliphatic carbocycles. The van der Waals surface area contributed by atoms with E-state index in [1.54, 1.807) is 18.2 Å². The van der Waals surface area contributed by atoms with Crippen LogP contribution in [0.25, 0.3) is 0 Å². The topological polar surface area (TPSA) is 75.3 Å². The van der Waals surface area contributed by atoms with E-state index in [-0.39, 0.29) is 12.5 Å². The summed E-state index contributed by atoms with van der Waals surface area (Å²) in [5.41, 5.74) is 6.75. The van der Waals surface area contributed by atoms with Crippen molar-refractivity contribution in [3.05, 3.63) is 28.2 Å². The molecule has 0 bridgehead atoms. The largest absolute Gasteiger partial charge is 0.398 e. The molecule has 0 saturated carbocycles. The first-order valence-corrected chi connectivity index (χ1v) is 6.35. The van der Waals surface area contributed by atoms with Crippen molar-refractivity contribution in [1.82, 2.24) is 5.32 Å². The average Bonchev–Trinajstić information content (AvgIpc) is 2.30. The van der Waals surface area contributed by atoms with Gasteiger partial charge in [0, 0.05) is 22.3 Å². The minimum atomic E-state index is -0.485. The molecule has 0 aromatic heterocycles. The molecule has 1 atom stereocenters. The second-order valence-electron chi connectivity index (χ2n) is 3.89. The molecule has 1 amide bonds. The molecule has 17 heavy (non-hydrogen) atoms. The van der Waals surface area contributed by atoms with Gasteiger partial charge in [0.05, 0.1) is 6.10 Å². The molecule has 0 heterocycles. The summed E-state index contributed by atoms with van der Waals surface area (Å²) in [5.74, 6) is -0.208. The fourth-order valence-corrected chi connectivity index (χ4v) is 1.80. The number of rotatable bonds is 5. The quantitative estimate of drug-likeness (QED) is 0.727.